The summed E-state index contributed by atoms with van der Waals surface area (Å²) in [7, 11) is -4.05. The Morgan fingerprint density at radius 3 is 2.39 bits per heavy atom. The summed E-state index contributed by atoms with van der Waals surface area (Å²) in [5, 5.41) is 23.3. The van der Waals surface area contributed by atoms with Crippen molar-refractivity contribution in [2.24, 2.45) is 5.92 Å². The Labute approximate surface area is 182 Å². The van der Waals surface area contributed by atoms with Gasteiger partial charge in [-0.1, -0.05) is 17.7 Å². The van der Waals surface area contributed by atoms with Gasteiger partial charge in [-0.3, -0.25) is 0 Å². The number of sulfone groups is 1. The molecule has 0 spiro atoms. The number of rotatable bonds is 5. The standard InChI is InChI=1S/C21H19ClF3NO4S/c1-21(28)9-11-2-4-13(21)19(11)31(29,30)17-6-10(3-5-14(17)22)20(27)26-12-7-15(23)18(25)16(24)8-12/h3,5-8,11,20,26-28H,2,4,9H2,1H3/t11?,20?,21-/m0/s1. The molecule has 2 bridgehead atoms. The third-order valence-electron chi connectivity index (χ3n) is 5.84. The highest BCUT2D eigenvalue weighted by molar-refractivity contribution is 7.95. The molecule has 4 rings (SSSR count). The number of nitrogens with one attached hydrogen (secondary N) is 1. The SMILES string of the molecule is C[C@]1(O)CC2CCC1=C2S(=O)(=O)c1cc(C(O)Nc2cc(F)c(F)c(F)c2)ccc1Cl. The Hall–Kier alpha value is -2.07. The van der Waals surface area contributed by atoms with E-state index in [9.17, 15) is 31.8 Å². The maximum atomic E-state index is 13.4. The maximum Gasteiger partial charge on any atom is 0.204 e. The molecule has 10 heteroatoms. The lowest BCUT2D eigenvalue weighted by Crippen LogP contribution is -2.27. The van der Waals surface area contributed by atoms with Crippen molar-refractivity contribution in [3.05, 3.63) is 68.8 Å². The Kier molecular flexibility index (Phi) is 5.36. The van der Waals surface area contributed by atoms with Crippen LogP contribution in [0.3, 0.4) is 0 Å². The fourth-order valence-corrected chi connectivity index (χ4v) is 6.99. The zero-order chi connectivity index (χ0) is 22.7. The average Bonchev–Trinajstić information content (AvgIpc) is 3.21. The van der Waals surface area contributed by atoms with Gasteiger partial charge in [0.05, 0.1) is 20.4 Å². The number of halogens is 4. The molecule has 2 aromatic rings. The van der Waals surface area contributed by atoms with E-state index in [4.69, 9.17) is 11.6 Å². The van der Waals surface area contributed by atoms with Gasteiger partial charge in [0.25, 0.3) is 0 Å². The molecule has 3 N–H and O–H groups in total. The summed E-state index contributed by atoms with van der Waals surface area (Å²) in [6, 6.07) is 5.15. The maximum absolute atomic E-state index is 13.4. The molecule has 3 atom stereocenters. The molecule has 5 nitrogen and oxygen atoms in total. The van der Waals surface area contributed by atoms with Crippen LogP contribution in [-0.2, 0) is 9.84 Å². The van der Waals surface area contributed by atoms with Crippen molar-refractivity contribution in [3.63, 3.8) is 0 Å². The Morgan fingerprint density at radius 1 is 1.19 bits per heavy atom. The van der Waals surface area contributed by atoms with Gasteiger partial charge >= 0.3 is 0 Å². The molecule has 0 fully saturated rings. The van der Waals surface area contributed by atoms with Crippen LogP contribution in [0.2, 0.25) is 5.02 Å². The summed E-state index contributed by atoms with van der Waals surface area (Å²) in [6.07, 6.45) is -0.129. The molecule has 2 aliphatic rings. The van der Waals surface area contributed by atoms with Crippen LogP contribution in [0.5, 0.6) is 0 Å². The Bertz CT molecular complexity index is 1190. The monoisotopic (exact) mass is 473 g/mol. The summed E-state index contributed by atoms with van der Waals surface area (Å²) in [4.78, 5) is -0.0669. The number of aliphatic hydroxyl groups is 2. The van der Waals surface area contributed by atoms with Gasteiger partial charge < -0.3 is 15.5 Å². The van der Waals surface area contributed by atoms with Gasteiger partial charge in [0.2, 0.25) is 9.84 Å². The lowest BCUT2D eigenvalue weighted by Gasteiger charge is -2.25. The predicted octanol–water partition coefficient (Wildman–Crippen LogP) is 4.45. The molecular formula is C21H19ClF3NO4S. The number of hydrogen-bond donors (Lipinski definition) is 3. The number of aliphatic hydroxyl groups excluding tert-OH is 1. The molecule has 0 aliphatic heterocycles. The molecule has 31 heavy (non-hydrogen) atoms. The first-order valence-corrected chi connectivity index (χ1v) is 11.4. The van der Waals surface area contributed by atoms with Crippen molar-refractivity contribution in [1.29, 1.82) is 0 Å². The molecule has 0 amide bonds. The van der Waals surface area contributed by atoms with Gasteiger partial charge in [0.1, 0.15) is 0 Å². The van der Waals surface area contributed by atoms with E-state index in [-0.39, 0.29) is 32.0 Å². The minimum Gasteiger partial charge on any atom is -0.386 e. The van der Waals surface area contributed by atoms with Gasteiger partial charge in [-0.25, -0.2) is 21.6 Å². The molecule has 2 aliphatic carbocycles. The number of hydrogen-bond acceptors (Lipinski definition) is 5. The fraction of sp³-hybridized carbons (Fsp3) is 0.333. The summed E-state index contributed by atoms with van der Waals surface area (Å²) in [5.74, 6) is -4.82. The van der Waals surface area contributed by atoms with Crippen LogP contribution in [0.15, 0.2) is 45.7 Å². The molecule has 0 aromatic heterocycles. The van der Waals surface area contributed by atoms with Crippen molar-refractivity contribution in [3.8, 4) is 0 Å². The average molecular weight is 474 g/mol. The van der Waals surface area contributed by atoms with Gasteiger partial charge in [-0.05, 0) is 49.8 Å². The van der Waals surface area contributed by atoms with E-state index in [0.29, 0.717) is 37.0 Å². The molecule has 2 aromatic carbocycles. The third-order valence-corrected chi connectivity index (χ3v) is 8.36. The molecular weight excluding hydrogens is 455 g/mol. The molecule has 166 valence electrons. The van der Waals surface area contributed by atoms with E-state index in [1.807, 2.05) is 0 Å². The first-order chi connectivity index (χ1) is 14.4. The van der Waals surface area contributed by atoms with E-state index in [2.05, 4.69) is 5.32 Å². The van der Waals surface area contributed by atoms with Crippen molar-refractivity contribution in [2.45, 2.75) is 42.9 Å². The zero-order valence-electron chi connectivity index (χ0n) is 16.3. The summed E-state index contributed by atoms with van der Waals surface area (Å²) in [6.45, 7) is 1.59. The summed E-state index contributed by atoms with van der Waals surface area (Å²) >= 11 is 6.16. The fourth-order valence-electron chi connectivity index (χ4n) is 4.43. The molecule has 0 heterocycles. The zero-order valence-corrected chi connectivity index (χ0v) is 17.9. The van der Waals surface area contributed by atoms with Gasteiger partial charge in [-0.15, -0.1) is 0 Å². The highest BCUT2D eigenvalue weighted by Gasteiger charge is 2.50. The minimum atomic E-state index is -4.05. The second kappa shape index (κ2) is 7.51. The highest BCUT2D eigenvalue weighted by Crippen LogP contribution is 2.54. The lowest BCUT2D eigenvalue weighted by atomic mass is 9.87. The number of allylic oxidation sites excluding steroid dienone is 1. The van der Waals surface area contributed by atoms with Gasteiger partial charge in [0.15, 0.2) is 23.7 Å². The van der Waals surface area contributed by atoms with E-state index in [1.54, 1.807) is 6.92 Å². The summed E-state index contributed by atoms with van der Waals surface area (Å²) in [5.41, 5.74) is -0.878. The minimum absolute atomic E-state index is 0.0612. The topological polar surface area (TPSA) is 86.6 Å². The van der Waals surface area contributed by atoms with Crippen LogP contribution in [-0.4, -0.2) is 24.2 Å². The normalized spacial score (nSPS) is 24.0. The molecule has 0 saturated carbocycles. The number of anilines is 1. The first kappa shape index (κ1) is 22.1. The van der Waals surface area contributed by atoms with E-state index >= 15 is 0 Å². The van der Waals surface area contributed by atoms with E-state index in [1.165, 1.54) is 18.2 Å². The first-order valence-electron chi connectivity index (χ1n) is 9.51. The quantitative estimate of drug-likeness (QED) is 0.441. The van der Waals surface area contributed by atoms with Crippen LogP contribution in [0, 0.1) is 23.4 Å². The highest BCUT2D eigenvalue weighted by atomic mass is 35.5. The van der Waals surface area contributed by atoms with Crippen molar-refractivity contribution >= 4 is 27.1 Å². The van der Waals surface area contributed by atoms with Crippen molar-refractivity contribution in [2.75, 3.05) is 5.32 Å². The largest absolute Gasteiger partial charge is 0.386 e. The van der Waals surface area contributed by atoms with Crippen LogP contribution in [0.25, 0.3) is 0 Å². The number of benzene rings is 2. The van der Waals surface area contributed by atoms with E-state index < -0.39 is 39.1 Å². The smallest absolute Gasteiger partial charge is 0.204 e. The van der Waals surface area contributed by atoms with Crippen LogP contribution >= 0.6 is 11.6 Å². The molecule has 0 radical (unpaired) electrons. The molecule has 2 unspecified atom stereocenters. The Morgan fingerprint density at radius 2 is 1.84 bits per heavy atom. The molecule has 0 saturated heterocycles. The van der Waals surface area contributed by atoms with Crippen molar-refractivity contribution < 1.29 is 31.8 Å². The van der Waals surface area contributed by atoms with Crippen molar-refractivity contribution in [1.82, 2.24) is 0 Å². The van der Waals surface area contributed by atoms with Crippen LogP contribution in [0.4, 0.5) is 18.9 Å². The van der Waals surface area contributed by atoms with E-state index in [0.717, 1.165) is 0 Å². The van der Waals surface area contributed by atoms with Gasteiger partial charge in [-0.2, -0.15) is 0 Å². The Balaban J connectivity index is 1.69. The third kappa shape index (κ3) is 3.73. The second-order valence-corrected chi connectivity index (χ2v) is 10.3. The van der Waals surface area contributed by atoms with Gasteiger partial charge in [0, 0.05) is 23.4 Å². The lowest BCUT2D eigenvalue weighted by molar-refractivity contribution is 0.0743. The van der Waals surface area contributed by atoms with Crippen LogP contribution in [0.1, 0.15) is 38.0 Å². The second-order valence-electron chi connectivity index (χ2n) is 8.05. The predicted molar refractivity (Wildman–Crippen MR) is 109 cm³/mol. The van der Waals surface area contributed by atoms with Crippen LogP contribution < -0.4 is 5.32 Å². The number of fused-ring (bicyclic) bond motifs is 1. The summed E-state index contributed by atoms with van der Waals surface area (Å²) < 4.78 is 66.7.